The van der Waals surface area contributed by atoms with Crippen LogP contribution in [0.1, 0.15) is 23.3 Å². The first-order valence-electron chi connectivity index (χ1n) is 8.08. The van der Waals surface area contributed by atoms with Crippen LogP contribution in [0.15, 0.2) is 47.9 Å². The van der Waals surface area contributed by atoms with Crippen LogP contribution in [0.3, 0.4) is 0 Å². The average Bonchev–Trinajstić information content (AvgIpc) is 3.27. The lowest BCUT2D eigenvalue weighted by Gasteiger charge is -2.23. The molecule has 1 aliphatic rings. The lowest BCUT2D eigenvalue weighted by molar-refractivity contribution is -0.128. The van der Waals surface area contributed by atoms with Crippen LogP contribution in [0.25, 0.3) is 6.08 Å². The molecule has 0 aliphatic carbocycles. The van der Waals surface area contributed by atoms with E-state index < -0.39 is 0 Å². The molecule has 1 aliphatic heterocycles. The van der Waals surface area contributed by atoms with Crippen LogP contribution in [-0.2, 0) is 16.1 Å². The highest BCUT2D eigenvalue weighted by Crippen LogP contribution is 2.18. The lowest BCUT2D eigenvalue weighted by Crippen LogP contribution is -2.35. The van der Waals surface area contributed by atoms with Crippen LogP contribution in [0.4, 0.5) is 4.39 Å². The fourth-order valence-corrected chi connectivity index (χ4v) is 3.45. The van der Waals surface area contributed by atoms with E-state index in [4.69, 9.17) is 4.74 Å². The largest absolute Gasteiger partial charge is 0.376 e. The van der Waals surface area contributed by atoms with E-state index in [1.165, 1.54) is 18.2 Å². The number of halogens is 1. The second-order valence-electron chi connectivity index (χ2n) is 5.79. The van der Waals surface area contributed by atoms with Crippen LogP contribution in [0, 0.1) is 5.82 Å². The summed E-state index contributed by atoms with van der Waals surface area (Å²) in [5, 5.41) is 2.00. The summed E-state index contributed by atoms with van der Waals surface area (Å²) in [6.07, 6.45) is 5.09. The van der Waals surface area contributed by atoms with Gasteiger partial charge in [0.1, 0.15) is 5.82 Å². The first-order chi connectivity index (χ1) is 11.7. The standard InChI is InChI=1S/C19H20FNO2S/c20-18-8-2-1-5-15(18)9-10-19(22)21(13-16-6-3-11-23-16)14-17-7-4-12-24-17/h1-2,4-5,7-10,12,16H,3,6,11,13-14H2/b10-9+. The number of amides is 1. The molecule has 1 amide bonds. The molecule has 1 aromatic heterocycles. The molecule has 1 aromatic carbocycles. The summed E-state index contributed by atoms with van der Waals surface area (Å²) in [4.78, 5) is 15.5. The molecule has 2 heterocycles. The molecule has 1 unspecified atom stereocenters. The summed E-state index contributed by atoms with van der Waals surface area (Å²) in [7, 11) is 0. The van der Waals surface area contributed by atoms with Crippen LogP contribution in [-0.4, -0.2) is 30.1 Å². The summed E-state index contributed by atoms with van der Waals surface area (Å²) < 4.78 is 19.3. The predicted octanol–water partition coefficient (Wildman–Crippen LogP) is 4.11. The van der Waals surface area contributed by atoms with Crippen molar-refractivity contribution in [2.45, 2.75) is 25.5 Å². The Kier molecular flexibility index (Phi) is 5.77. The van der Waals surface area contributed by atoms with Gasteiger partial charge in [0.05, 0.1) is 12.6 Å². The molecule has 3 nitrogen and oxygen atoms in total. The molecule has 1 fully saturated rings. The van der Waals surface area contributed by atoms with Gasteiger partial charge in [-0.05, 0) is 36.4 Å². The van der Waals surface area contributed by atoms with Crippen molar-refractivity contribution in [1.82, 2.24) is 4.90 Å². The van der Waals surface area contributed by atoms with Crippen molar-refractivity contribution in [2.24, 2.45) is 0 Å². The maximum Gasteiger partial charge on any atom is 0.246 e. The van der Waals surface area contributed by atoms with Crippen molar-refractivity contribution in [3.63, 3.8) is 0 Å². The van der Waals surface area contributed by atoms with Gasteiger partial charge < -0.3 is 9.64 Å². The van der Waals surface area contributed by atoms with Gasteiger partial charge in [0.2, 0.25) is 5.91 Å². The fraction of sp³-hybridized carbons (Fsp3) is 0.316. The number of rotatable bonds is 6. The normalized spacial score (nSPS) is 17.5. The number of nitrogens with zero attached hydrogens (tertiary/aromatic N) is 1. The number of benzene rings is 1. The molecular formula is C19H20FNO2S. The maximum atomic E-state index is 13.7. The summed E-state index contributed by atoms with van der Waals surface area (Å²) in [5.74, 6) is -0.451. The molecular weight excluding hydrogens is 325 g/mol. The molecule has 0 N–H and O–H groups in total. The molecule has 0 radical (unpaired) electrons. The Morgan fingerprint density at radius 3 is 2.92 bits per heavy atom. The second-order valence-corrected chi connectivity index (χ2v) is 6.82. The van der Waals surface area contributed by atoms with E-state index in [1.807, 2.05) is 17.5 Å². The third-order valence-electron chi connectivity index (χ3n) is 4.00. The highest BCUT2D eigenvalue weighted by Gasteiger charge is 2.22. The SMILES string of the molecule is O=C(/C=C/c1ccccc1F)N(Cc1cccs1)CC1CCCO1. The third-order valence-corrected chi connectivity index (χ3v) is 4.86. The second kappa shape index (κ2) is 8.22. The number of hydrogen-bond acceptors (Lipinski definition) is 3. The minimum Gasteiger partial charge on any atom is -0.376 e. The van der Waals surface area contributed by atoms with Gasteiger partial charge in [0, 0.05) is 29.7 Å². The van der Waals surface area contributed by atoms with Crippen molar-refractivity contribution < 1.29 is 13.9 Å². The molecule has 1 atom stereocenters. The van der Waals surface area contributed by atoms with Crippen molar-refractivity contribution in [3.05, 3.63) is 64.1 Å². The molecule has 24 heavy (non-hydrogen) atoms. The van der Waals surface area contributed by atoms with Gasteiger partial charge in [-0.3, -0.25) is 4.79 Å². The monoisotopic (exact) mass is 345 g/mol. The molecule has 3 rings (SSSR count). The van der Waals surface area contributed by atoms with Gasteiger partial charge in [-0.25, -0.2) is 4.39 Å². The summed E-state index contributed by atoms with van der Waals surface area (Å²) in [6.45, 7) is 1.88. The number of carbonyl (C=O) groups excluding carboxylic acids is 1. The molecule has 1 saturated heterocycles. The number of ether oxygens (including phenoxy) is 1. The van der Waals surface area contributed by atoms with E-state index >= 15 is 0 Å². The number of thiophene rings is 1. The highest BCUT2D eigenvalue weighted by atomic mass is 32.1. The molecule has 0 saturated carbocycles. The molecule has 0 bridgehead atoms. The van der Waals surface area contributed by atoms with Crippen molar-refractivity contribution in [3.8, 4) is 0 Å². The summed E-state index contributed by atoms with van der Waals surface area (Å²) in [6, 6.07) is 10.4. The van der Waals surface area contributed by atoms with Gasteiger partial charge in [0.25, 0.3) is 0 Å². The highest BCUT2D eigenvalue weighted by molar-refractivity contribution is 7.09. The Labute approximate surface area is 145 Å². The van der Waals surface area contributed by atoms with Gasteiger partial charge in [-0.15, -0.1) is 11.3 Å². The molecule has 5 heteroatoms. The van der Waals surface area contributed by atoms with E-state index in [0.29, 0.717) is 18.7 Å². The average molecular weight is 345 g/mol. The van der Waals surface area contributed by atoms with Gasteiger partial charge >= 0.3 is 0 Å². The Morgan fingerprint density at radius 2 is 2.21 bits per heavy atom. The lowest BCUT2D eigenvalue weighted by atomic mass is 10.2. The topological polar surface area (TPSA) is 29.5 Å². The van der Waals surface area contributed by atoms with Crippen molar-refractivity contribution in [2.75, 3.05) is 13.2 Å². The van der Waals surface area contributed by atoms with Gasteiger partial charge in [-0.2, -0.15) is 0 Å². The Bertz CT molecular complexity index is 693. The smallest absolute Gasteiger partial charge is 0.246 e. The van der Waals surface area contributed by atoms with Crippen LogP contribution in [0.5, 0.6) is 0 Å². The number of hydrogen-bond donors (Lipinski definition) is 0. The van der Waals surface area contributed by atoms with Gasteiger partial charge in [0.15, 0.2) is 0 Å². The zero-order chi connectivity index (χ0) is 16.8. The van der Waals surface area contributed by atoms with Crippen LogP contribution in [0.2, 0.25) is 0 Å². The summed E-state index contributed by atoms with van der Waals surface area (Å²) >= 11 is 1.62. The zero-order valence-corrected chi connectivity index (χ0v) is 14.2. The van der Waals surface area contributed by atoms with E-state index in [9.17, 15) is 9.18 Å². The predicted molar refractivity (Wildman–Crippen MR) is 94.1 cm³/mol. The summed E-state index contributed by atoms with van der Waals surface area (Å²) in [5.41, 5.74) is 0.416. The quantitative estimate of drug-likeness (QED) is 0.738. The van der Waals surface area contributed by atoms with Crippen LogP contribution >= 0.6 is 11.3 Å². The fourth-order valence-electron chi connectivity index (χ4n) is 2.73. The van der Waals surface area contributed by atoms with E-state index in [-0.39, 0.29) is 17.8 Å². The third kappa shape index (κ3) is 4.52. The zero-order valence-electron chi connectivity index (χ0n) is 13.4. The van der Waals surface area contributed by atoms with E-state index in [0.717, 1.165) is 24.3 Å². The van der Waals surface area contributed by atoms with Crippen molar-refractivity contribution >= 4 is 23.3 Å². The Hall–Kier alpha value is -1.98. The molecule has 126 valence electrons. The maximum absolute atomic E-state index is 13.7. The minimum absolute atomic E-state index is 0.0933. The number of carbonyl (C=O) groups is 1. The first-order valence-corrected chi connectivity index (χ1v) is 8.96. The molecule has 0 spiro atoms. The minimum atomic E-state index is -0.328. The Balaban J connectivity index is 1.70. The van der Waals surface area contributed by atoms with E-state index in [2.05, 4.69) is 0 Å². The Morgan fingerprint density at radius 1 is 1.33 bits per heavy atom. The van der Waals surface area contributed by atoms with Gasteiger partial charge in [-0.1, -0.05) is 24.3 Å². The van der Waals surface area contributed by atoms with E-state index in [1.54, 1.807) is 34.4 Å². The van der Waals surface area contributed by atoms with Crippen LogP contribution < -0.4 is 0 Å². The first kappa shape index (κ1) is 16.9. The molecule has 2 aromatic rings. The van der Waals surface area contributed by atoms with Crippen molar-refractivity contribution in [1.29, 1.82) is 0 Å².